The maximum atomic E-state index is 13.0. The minimum atomic E-state index is -0.152. The van der Waals surface area contributed by atoms with Crippen molar-refractivity contribution in [1.82, 2.24) is 9.97 Å². The van der Waals surface area contributed by atoms with E-state index in [0.29, 0.717) is 24.0 Å². The van der Waals surface area contributed by atoms with Crippen LogP contribution in [0.3, 0.4) is 0 Å². The number of aromatic nitrogens is 2. The Kier molecular flexibility index (Phi) is 4.12. The number of nitrogens with two attached hydrogens (primary N) is 1. The lowest BCUT2D eigenvalue weighted by atomic mass is 10.1. The number of fused-ring (bicyclic) bond motifs is 1. The van der Waals surface area contributed by atoms with E-state index in [1.165, 1.54) is 0 Å². The van der Waals surface area contributed by atoms with Gasteiger partial charge in [-0.2, -0.15) is 4.98 Å². The number of hydrogen-bond donors (Lipinski definition) is 2. The van der Waals surface area contributed by atoms with Crippen molar-refractivity contribution in [2.75, 3.05) is 27.9 Å². The molecule has 7 nitrogen and oxygen atoms in total. The van der Waals surface area contributed by atoms with Crippen LogP contribution < -0.4 is 20.9 Å². The molecule has 0 bridgehead atoms. The number of nitrogen functional groups attached to an aromatic ring is 1. The molecule has 136 valence electrons. The van der Waals surface area contributed by atoms with E-state index in [0.717, 1.165) is 22.5 Å². The van der Waals surface area contributed by atoms with Crippen molar-refractivity contribution < 1.29 is 4.79 Å². The number of carbonyl (C=O) groups excluding carboxylic acids is 1. The van der Waals surface area contributed by atoms with Gasteiger partial charge in [-0.15, -0.1) is 0 Å². The number of nitrogens with zero attached hydrogens (tertiary/aromatic N) is 4. The lowest BCUT2D eigenvalue weighted by Gasteiger charge is -2.34. The first-order valence-electron chi connectivity index (χ1n) is 8.62. The topological polar surface area (TPSA) is 87.4 Å². The van der Waals surface area contributed by atoms with Crippen LogP contribution in [0, 0.1) is 6.92 Å². The number of nitrogens with one attached hydrogen (secondary N) is 1. The van der Waals surface area contributed by atoms with E-state index in [9.17, 15) is 4.79 Å². The van der Waals surface area contributed by atoms with Crippen LogP contribution in [-0.2, 0) is 6.54 Å². The molecule has 3 aromatic rings. The molecule has 0 aliphatic carbocycles. The van der Waals surface area contributed by atoms with E-state index in [2.05, 4.69) is 15.3 Å². The van der Waals surface area contributed by atoms with Crippen LogP contribution in [0.1, 0.15) is 11.1 Å². The average molecular weight is 360 g/mol. The number of amides is 2. The lowest BCUT2D eigenvalue weighted by Crippen LogP contribution is -2.46. The van der Waals surface area contributed by atoms with Gasteiger partial charge in [0.2, 0.25) is 5.95 Å². The van der Waals surface area contributed by atoms with E-state index in [1.54, 1.807) is 23.0 Å². The molecular weight excluding hydrogens is 340 g/mol. The fraction of sp³-hybridized carbons (Fsp3) is 0.150. The molecule has 3 N–H and O–H groups in total. The number of anilines is 5. The molecule has 2 amide bonds. The molecule has 0 saturated heterocycles. The first kappa shape index (κ1) is 16.8. The fourth-order valence-corrected chi connectivity index (χ4v) is 3.13. The standard InChI is InChI=1S/C20H20N6O/c1-13-8-9-15(21)10-17(13)26-12-14-11-22-19(23-16-6-4-3-5-7-16)24-18(14)25(2)20(26)27/h3-11H,12,21H2,1-2H3,(H,22,23,24). The zero-order valence-corrected chi connectivity index (χ0v) is 15.2. The van der Waals surface area contributed by atoms with Gasteiger partial charge in [0.25, 0.3) is 0 Å². The van der Waals surface area contributed by atoms with Crippen molar-refractivity contribution in [2.45, 2.75) is 13.5 Å². The van der Waals surface area contributed by atoms with Crippen molar-refractivity contribution >= 4 is 34.9 Å². The van der Waals surface area contributed by atoms with Crippen molar-refractivity contribution in [3.63, 3.8) is 0 Å². The van der Waals surface area contributed by atoms with Crippen LogP contribution >= 0.6 is 0 Å². The Bertz CT molecular complexity index is 1000. The highest BCUT2D eigenvalue weighted by atomic mass is 16.2. The molecule has 0 spiro atoms. The molecule has 0 fully saturated rings. The van der Waals surface area contributed by atoms with Gasteiger partial charge in [-0.1, -0.05) is 24.3 Å². The predicted molar refractivity (Wildman–Crippen MR) is 107 cm³/mol. The van der Waals surface area contributed by atoms with Crippen molar-refractivity contribution in [3.8, 4) is 0 Å². The molecule has 0 radical (unpaired) electrons. The molecule has 1 aromatic heterocycles. The molecule has 27 heavy (non-hydrogen) atoms. The summed E-state index contributed by atoms with van der Waals surface area (Å²) in [5.41, 5.74) is 10.1. The number of carbonyl (C=O) groups is 1. The monoisotopic (exact) mass is 360 g/mol. The van der Waals surface area contributed by atoms with Crippen LogP contribution in [0.25, 0.3) is 0 Å². The molecule has 2 heterocycles. The lowest BCUT2D eigenvalue weighted by molar-refractivity contribution is 0.251. The van der Waals surface area contributed by atoms with Gasteiger partial charge in [-0.25, -0.2) is 9.78 Å². The Morgan fingerprint density at radius 1 is 1.15 bits per heavy atom. The van der Waals surface area contributed by atoms with Gasteiger partial charge < -0.3 is 11.1 Å². The molecule has 0 unspecified atom stereocenters. The number of benzene rings is 2. The number of aryl methyl sites for hydroxylation is 1. The van der Waals surface area contributed by atoms with Crippen LogP contribution in [0.2, 0.25) is 0 Å². The number of para-hydroxylation sites is 1. The first-order chi connectivity index (χ1) is 13.0. The molecule has 1 aliphatic heterocycles. The van der Waals surface area contributed by atoms with E-state index in [1.807, 2.05) is 55.5 Å². The highest BCUT2D eigenvalue weighted by Crippen LogP contribution is 2.32. The normalized spacial score (nSPS) is 13.5. The van der Waals surface area contributed by atoms with E-state index < -0.39 is 0 Å². The summed E-state index contributed by atoms with van der Waals surface area (Å²) in [6.07, 6.45) is 1.76. The Morgan fingerprint density at radius 3 is 2.70 bits per heavy atom. The molecule has 1 aliphatic rings. The van der Waals surface area contributed by atoms with Crippen molar-refractivity contribution in [2.24, 2.45) is 0 Å². The van der Waals surface area contributed by atoms with Gasteiger partial charge in [-0.3, -0.25) is 9.80 Å². The number of hydrogen-bond acceptors (Lipinski definition) is 5. The molecule has 2 aromatic carbocycles. The summed E-state index contributed by atoms with van der Waals surface area (Å²) in [7, 11) is 1.72. The zero-order valence-electron chi connectivity index (χ0n) is 15.2. The maximum absolute atomic E-state index is 13.0. The maximum Gasteiger partial charge on any atom is 0.330 e. The van der Waals surface area contributed by atoms with Gasteiger partial charge in [0, 0.05) is 30.2 Å². The Morgan fingerprint density at radius 2 is 1.93 bits per heavy atom. The van der Waals surface area contributed by atoms with Crippen LogP contribution in [-0.4, -0.2) is 23.0 Å². The summed E-state index contributed by atoms with van der Waals surface area (Å²) >= 11 is 0. The van der Waals surface area contributed by atoms with Crippen LogP contribution in [0.5, 0.6) is 0 Å². The fourth-order valence-electron chi connectivity index (χ4n) is 3.13. The molecular formula is C20H20N6O. The predicted octanol–water partition coefficient (Wildman–Crippen LogP) is 3.69. The summed E-state index contributed by atoms with van der Waals surface area (Å²) in [6, 6.07) is 15.1. The van der Waals surface area contributed by atoms with Gasteiger partial charge >= 0.3 is 6.03 Å². The summed E-state index contributed by atoms with van der Waals surface area (Å²) in [5, 5.41) is 3.16. The Labute approximate surface area is 157 Å². The van der Waals surface area contributed by atoms with E-state index in [-0.39, 0.29) is 6.03 Å². The molecule has 4 rings (SSSR count). The third kappa shape index (κ3) is 3.15. The zero-order chi connectivity index (χ0) is 19.0. The van der Waals surface area contributed by atoms with Crippen LogP contribution in [0.15, 0.2) is 54.7 Å². The van der Waals surface area contributed by atoms with Gasteiger partial charge in [0.1, 0.15) is 5.82 Å². The SMILES string of the molecule is Cc1ccc(N)cc1N1Cc2cnc(Nc3ccccc3)nc2N(C)C1=O. The van der Waals surface area contributed by atoms with Gasteiger partial charge in [0.15, 0.2) is 0 Å². The first-order valence-corrected chi connectivity index (χ1v) is 8.62. The van der Waals surface area contributed by atoms with Gasteiger partial charge in [-0.05, 0) is 36.8 Å². The Balaban J connectivity index is 1.67. The highest BCUT2D eigenvalue weighted by Gasteiger charge is 2.31. The van der Waals surface area contributed by atoms with Crippen LogP contribution in [0.4, 0.5) is 33.6 Å². The average Bonchev–Trinajstić information content (AvgIpc) is 2.68. The summed E-state index contributed by atoms with van der Waals surface area (Å²) in [4.78, 5) is 25.1. The largest absolute Gasteiger partial charge is 0.399 e. The third-order valence-corrected chi connectivity index (χ3v) is 4.56. The Hall–Kier alpha value is -3.61. The molecule has 0 saturated carbocycles. The quantitative estimate of drug-likeness (QED) is 0.696. The molecule has 0 atom stereocenters. The number of rotatable bonds is 3. The van der Waals surface area contributed by atoms with E-state index >= 15 is 0 Å². The summed E-state index contributed by atoms with van der Waals surface area (Å²) in [5.74, 6) is 1.06. The second kappa shape index (κ2) is 6.60. The third-order valence-electron chi connectivity index (χ3n) is 4.56. The number of urea groups is 1. The minimum absolute atomic E-state index is 0.152. The summed E-state index contributed by atoms with van der Waals surface area (Å²) in [6.45, 7) is 2.36. The van der Waals surface area contributed by atoms with Crippen molar-refractivity contribution in [1.29, 1.82) is 0 Å². The smallest absolute Gasteiger partial charge is 0.330 e. The summed E-state index contributed by atoms with van der Waals surface area (Å²) < 4.78 is 0. The highest BCUT2D eigenvalue weighted by molar-refractivity contribution is 6.05. The second-order valence-electron chi connectivity index (χ2n) is 6.51. The minimum Gasteiger partial charge on any atom is -0.399 e. The second-order valence-corrected chi connectivity index (χ2v) is 6.51. The van der Waals surface area contributed by atoms with E-state index in [4.69, 9.17) is 5.73 Å². The van der Waals surface area contributed by atoms with Gasteiger partial charge in [0.05, 0.1) is 12.2 Å². The molecule has 7 heteroatoms. The van der Waals surface area contributed by atoms with Crippen molar-refractivity contribution in [3.05, 3.63) is 65.9 Å².